The molecule has 0 N–H and O–H groups in total. The predicted molar refractivity (Wildman–Crippen MR) is 66.7 cm³/mol. The number of carbonyl (C=O) groups is 2. The first-order valence-corrected chi connectivity index (χ1v) is 6.81. The monoisotopic (exact) mass is 246 g/mol. The zero-order chi connectivity index (χ0) is 12.9. The number of rotatable bonds is 3. The maximum atomic E-state index is 12.4. The van der Waals surface area contributed by atoms with Gasteiger partial charge in [0.15, 0.2) is 5.78 Å². The van der Waals surface area contributed by atoms with Crippen molar-refractivity contribution in [2.24, 2.45) is 23.7 Å². The second kappa shape index (κ2) is 4.08. The maximum absolute atomic E-state index is 12.4. The molecular weight excluding hydrogens is 228 g/mol. The zero-order valence-electron chi connectivity index (χ0n) is 10.8. The minimum atomic E-state index is -0.267. The van der Waals surface area contributed by atoms with Crippen LogP contribution in [0.25, 0.3) is 0 Å². The number of fused-ring (bicyclic) bond motifs is 5. The first kappa shape index (κ1) is 11.7. The van der Waals surface area contributed by atoms with E-state index in [2.05, 4.69) is 12.2 Å². The van der Waals surface area contributed by atoms with Crippen molar-refractivity contribution in [3.63, 3.8) is 0 Å². The van der Waals surface area contributed by atoms with Crippen LogP contribution in [0.5, 0.6) is 0 Å². The Kier molecular flexibility index (Phi) is 2.65. The van der Waals surface area contributed by atoms with E-state index in [1.807, 2.05) is 6.92 Å². The molecule has 0 aromatic heterocycles. The quantitative estimate of drug-likeness (QED) is 0.567. The van der Waals surface area contributed by atoms with E-state index in [4.69, 9.17) is 4.74 Å². The summed E-state index contributed by atoms with van der Waals surface area (Å²) < 4.78 is 5.15. The van der Waals surface area contributed by atoms with Gasteiger partial charge in [-0.15, -0.1) is 0 Å². The molecule has 0 aromatic rings. The summed E-state index contributed by atoms with van der Waals surface area (Å²) in [6.45, 7) is 4.12. The average Bonchev–Trinajstić information content (AvgIpc) is 3.00. The lowest BCUT2D eigenvalue weighted by Crippen LogP contribution is -2.24. The van der Waals surface area contributed by atoms with Gasteiger partial charge in [-0.05, 0) is 31.6 Å². The van der Waals surface area contributed by atoms with Crippen LogP contribution in [0.4, 0.5) is 0 Å². The highest BCUT2D eigenvalue weighted by Crippen LogP contribution is 2.56. The van der Waals surface area contributed by atoms with Crippen molar-refractivity contribution in [3.8, 4) is 0 Å². The maximum Gasteiger partial charge on any atom is 0.334 e. The Labute approximate surface area is 107 Å². The topological polar surface area (TPSA) is 43.4 Å². The van der Waals surface area contributed by atoms with Crippen LogP contribution in [-0.4, -0.2) is 18.4 Å². The average molecular weight is 246 g/mol. The number of carbonyl (C=O) groups excluding carboxylic acids is 2. The van der Waals surface area contributed by atoms with E-state index >= 15 is 0 Å². The Morgan fingerprint density at radius 3 is 2.56 bits per heavy atom. The summed E-state index contributed by atoms with van der Waals surface area (Å²) >= 11 is 0. The number of hydrogen-bond acceptors (Lipinski definition) is 3. The molecule has 1 saturated carbocycles. The summed E-state index contributed by atoms with van der Waals surface area (Å²) in [5.41, 5.74) is 1.41. The molecule has 0 spiro atoms. The van der Waals surface area contributed by atoms with Crippen LogP contribution < -0.4 is 0 Å². The molecule has 3 heteroatoms. The predicted octanol–water partition coefficient (Wildman–Crippen LogP) is 2.28. The molecule has 3 aliphatic rings. The molecule has 0 radical (unpaired) electrons. The van der Waals surface area contributed by atoms with Crippen LogP contribution in [0.2, 0.25) is 0 Å². The fourth-order valence-corrected chi connectivity index (χ4v) is 3.94. The second-order valence-corrected chi connectivity index (χ2v) is 5.33. The summed E-state index contributed by atoms with van der Waals surface area (Å²) in [5, 5.41) is 0. The molecule has 0 unspecified atom stereocenters. The number of Topliss-reactive ketones (excluding diaryl/α,β-unsaturated/α-hetero) is 1. The highest BCUT2D eigenvalue weighted by molar-refractivity contribution is 6.10. The fourth-order valence-electron chi connectivity index (χ4n) is 3.94. The Bertz CT molecular complexity index is 472. The minimum Gasteiger partial charge on any atom is -0.463 e. The smallest absolute Gasteiger partial charge is 0.334 e. The highest BCUT2D eigenvalue weighted by atomic mass is 16.5. The lowest BCUT2D eigenvalue weighted by Gasteiger charge is -2.21. The van der Waals surface area contributed by atoms with Crippen LogP contribution in [-0.2, 0) is 14.3 Å². The minimum absolute atomic E-state index is 0.0226. The van der Waals surface area contributed by atoms with Gasteiger partial charge in [0, 0.05) is 23.0 Å². The van der Waals surface area contributed by atoms with Gasteiger partial charge in [0.05, 0.1) is 6.61 Å². The van der Waals surface area contributed by atoms with E-state index in [0.29, 0.717) is 30.4 Å². The van der Waals surface area contributed by atoms with Gasteiger partial charge in [-0.1, -0.05) is 19.1 Å². The van der Waals surface area contributed by atoms with E-state index in [0.717, 1.165) is 12.0 Å². The highest BCUT2D eigenvalue weighted by Gasteiger charge is 2.56. The molecule has 1 fully saturated rings. The molecule has 96 valence electrons. The van der Waals surface area contributed by atoms with E-state index in [-0.39, 0.29) is 23.6 Å². The van der Waals surface area contributed by atoms with Crippen molar-refractivity contribution in [2.75, 3.05) is 6.61 Å². The van der Waals surface area contributed by atoms with Crippen LogP contribution in [0.15, 0.2) is 23.3 Å². The molecule has 3 nitrogen and oxygen atoms in total. The molecule has 18 heavy (non-hydrogen) atoms. The van der Waals surface area contributed by atoms with Crippen LogP contribution in [0, 0.1) is 23.7 Å². The Morgan fingerprint density at radius 1 is 1.28 bits per heavy atom. The van der Waals surface area contributed by atoms with E-state index in [1.54, 1.807) is 6.92 Å². The zero-order valence-corrected chi connectivity index (χ0v) is 10.8. The molecule has 3 rings (SSSR count). The number of ketones is 1. The number of esters is 1. The van der Waals surface area contributed by atoms with Gasteiger partial charge >= 0.3 is 5.97 Å². The fraction of sp³-hybridized carbons (Fsp3) is 0.600. The number of ether oxygens (including phenoxy) is 1. The van der Waals surface area contributed by atoms with Crippen molar-refractivity contribution < 1.29 is 14.3 Å². The third-order valence-corrected chi connectivity index (χ3v) is 4.57. The summed E-state index contributed by atoms with van der Waals surface area (Å²) in [5.74, 6) is 0.766. The van der Waals surface area contributed by atoms with Gasteiger partial charge in [-0.2, -0.15) is 0 Å². The Morgan fingerprint density at radius 2 is 1.94 bits per heavy atom. The normalized spacial score (nSPS) is 36.4. The summed E-state index contributed by atoms with van der Waals surface area (Å²) in [7, 11) is 0. The van der Waals surface area contributed by atoms with Gasteiger partial charge in [-0.3, -0.25) is 4.79 Å². The number of allylic oxidation sites excluding steroid dienone is 3. The lowest BCUT2D eigenvalue weighted by molar-refractivity contribution is -0.139. The summed E-state index contributed by atoms with van der Waals surface area (Å²) in [4.78, 5) is 24.6. The SMILES string of the molecule is CCOC(=O)C1=C(CC)C(=O)[C@H]2[C@@H]1[C@H]1C=C[C@@H]2C1. The van der Waals surface area contributed by atoms with Crippen molar-refractivity contribution >= 4 is 11.8 Å². The van der Waals surface area contributed by atoms with Gasteiger partial charge in [-0.25, -0.2) is 4.79 Å². The molecular formula is C15H18O3. The molecule has 2 bridgehead atoms. The van der Waals surface area contributed by atoms with Crippen molar-refractivity contribution in [2.45, 2.75) is 26.7 Å². The largest absolute Gasteiger partial charge is 0.463 e. The first-order chi connectivity index (χ1) is 8.69. The van der Waals surface area contributed by atoms with E-state index < -0.39 is 0 Å². The lowest BCUT2D eigenvalue weighted by atomic mass is 9.82. The van der Waals surface area contributed by atoms with Crippen LogP contribution in [0.3, 0.4) is 0 Å². The van der Waals surface area contributed by atoms with E-state index in [9.17, 15) is 9.59 Å². The summed E-state index contributed by atoms with van der Waals surface area (Å²) in [6.07, 6.45) is 6.00. The molecule has 3 aliphatic carbocycles. The van der Waals surface area contributed by atoms with Crippen LogP contribution in [0.1, 0.15) is 26.7 Å². The third kappa shape index (κ3) is 1.36. The van der Waals surface area contributed by atoms with Gasteiger partial charge < -0.3 is 4.74 Å². The Balaban J connectivity index is 2.02. The molecule has 4 atom stereocenters. The van der Waals surface area contributed by atoms with Crippen molar-refractivity contribution in [1.82, 2.24) is 0 Å². The molecule has 0 amide bonds. The second-order valence-electron chi connectivity index (χ2n) is 5.33. The Hall–Kier alpha value is -1.38. The standard InChI is InChI=1S/C15H18O3/c1-3-10-13(15(17)18-4-2)11-8-5-6-9(7-8)12(11)14(10)16/h5-6,8-9,11-12H,3-4,7H2,1-2H3/t8-,9+,11-,12+/m0/s1. The first-order valence-electron chi connectivity index (χ1n) is 6.81. The van der Waals surface area contributed by atoms with E-state index in [1.165, 1.54) is 0 Å². The molecule has 0 aromatic carbocycles. The number of hydrogen-bond donors (Lipinski definition) is 0. The molecule has 0 heterocycles. The van der Waals surface area contributed by atoms with Gasteiger partial charge in [0.25, 0.3) is 0 Å². The van der Waals surface area contributed by atoms with Crippen molar-refractivity contribution in [3.05, 3.63) is 23.3 Å². The third-order valence-electron chi connectivity index (χ3n) is 4.57. The van der Waals surface area contributed by atoms with Gasteiger partial charge in [0.1, 0.15) is 0 Å². The van der Waals surface area contributed by atoms with Crippen LogP contribution >= 0.6 is 0 Å². The van der Waals surface area contributed by atoms with Gasteiger partial charge in [0.2, 0.25) is 0 Å². The molecule has 0 saturated heterocycles. The van der Waals surface area contributed by atoms with Crippen molar-refractivity contribution in [1.29, 1.82) is 0 Å². The summed E-state index contributed by atoms with van der Waals surface area (Å²) in [6, 6.07) is 0. The molecule has 0 aliphatic heterocycles.